The highest BCUT2D eigenvalue weighted by Gasteiger charge is 2.44. The fourth-order valence-electron chi connectivity index (χ4n) is 5.33. The fraction of sp³-hybridized carbons (Fsp3) is 0.423. The van der Waals surface area contributed by atoms with E-state index in [-0.39, 0.29) is 29.9 Å². The highest BCUT2D eigenvalue weighted by molar-refractivity contribution is 5.88. The van der Waals surface area contributed by atoms with Crippen LogP contribution in [0.15, 0.2) is 53.3 Å². The molecule has 3 aromatic rings. The molecule has 172 valence electrons. The zero-order valence-corrected chi connectivity index (χ0v) is 19.0. The lowest BCUT2D eigenvalue weighted by molar-refractivity contribution is -0.129. The molecular weight excluding hydrogens is 418 g/mol. The Morgan fingerprint density at radius 1 is 1.06 bits per heavy atom. The summed E-state index contributed by atoms with van der Waals surface area (Å²) in [7, 11) is 1.61. The monoisotopic (exact) mass is 447 g/mol. The van der Waals surface area contributed by atoms with Gasteiger partial charge in [-0.05, 0) is 49.3 Å². The van der Waals surface area contributed by atoms with E-state index in [2.05, 4.69) is 5.10 Å². The summed E-state index contributed by atoms with van der Waals surface area (Å²) in [6, 6.07) is 15.1. The van der Waals surface area contributed by atoms with Crippen molar-refractivity contribution in [3.8, 4) is 5.75 Å². The summed E-state index contributed by atoms with van der Waals surface area (Å²) in [6.07, 6.45) is 0.698. The van der Waals surface area contributed by atoms with Crippen LogP contribution in [0.25, 0.3) is 10.8 Å². The highest BCUT2D eigenvalue weighted by atomic mass is 16.5. The molecule has 5 rings (SSSR count). The van der Waals surface area contributed by atoms with E-state index in [0.717, 1.165) is 23.1 Å². The van der Waals surface area contributed by atoms with E-state index in [1.54, 1.807) is 13.1 Å². The van der Waals surface area contributed by atoms with Crippen molar-refractivity contribution in [2.45, 2.75) is 38.4 Å². The first-order valence-electron chi connectivity index (χ1n) is 11.5. The smallest absolute Gasteiger partial charge is 0.274 e. The largest absolute Gasteiger partial charge is 0.487 e. The zero-order chi connectivity index (χ0) is 23.1. The summed E-state index contributed by atoms with van der Waals surface area (Å²) < 4.78 is 7.48. The van der Waals surface area contributed by atoms with E-state index < -0.39 is 6.10 Å². The van der Waals surface area contributed by atoms with E-state index in [1.807, 2.05) is 54.3 Å². The lowest BCUT2D eigenvalue weighted by Gasteiger charge is -2.35. The Morgan fingerprint density at radius 2 is 1.73 bits per heavy atom. The minimum Gasteiger partial charge on any atom is -0.487 e. The molecule has 7 heteroatoms. The van der Waals surface area contributed by atoms with Gasteiger partial charge >= 0.3 is 0 Å². The van der Waals surface area contributed by atoms with Crippen molar-refractivity contribution < 1.29 is 14.6 Å². The average molecular weight is 448 g/mol. The minimum atomic E-state index is -0.546. The molecule has 2 fully saturated rings. The van der Waals surface area contributed by atoms with Crippen LogP contribution in [0.1, 0.15) is 24.1 Å². The molecule has 7 nitrogen and oxygen atoms in total. The van der Waals surface area contributed by atoms with Crippen molar-refractivity contribution >= 4 is 16.7 Å². The van der Waals surface area contributed by atoms with Crippen LogP contribution in [0.2, 0.25) is 0 Å². The van der Waals surface area contributed by atoms with Crippen LogP contribution < -0.4 is 10.3 Å². The third-order valence-corrected chi connectivity index (χ3v) is 7.16. The Bertz CT molecular complexity index is 1250. The zero-order valence-electron chi connectivity index (χ0n) is 19.0. The maximum atomic E-state index is 13.2. The summed E-state index contributed by atoms with van der Waals surface area (Å²) in [4.78, 5) is 27.5. The highest BCUT2D eigenvalue weighted by Crippen LogP contribution is 2.38. The van der Waals surface area contributed by atoms with E-state index >= 15 is 0 Å². The lowest BCUT2D eigenvalue weighted by atomic mass is 9.78. The Labute approximate surface area is 192 Å². The molecule has 2 aliphatic rings. The Kier molecular flexibility index (Phi) is 5.66. The van der Waals surface area contributed by atoms with Gasteiger partial charge in [0.05, 0.1) is 23.6 Å². The number of nitrogens with zero attached hydrogens (tertiary/aromatic N) is 3. The van der Waals surface area contributed by atoms with Gasteiger partial charge in [0.25, 0.3) is 5.56 Å². The van der Waals surface area contributed by atoms with Crippen LogP contribution in [0.5, 0.6) is 5.75 Å². The molecule has 4 atom stereocenters. The van der Waals surface area contributed by atoms with Crippen LogP contribution in [0.4, 0.5) is 0 Å². The topological polar surface area (TPSA) is 84.7 Å². The molecule has 0 bridgehead atoms. The van der Waals surface area contributed by atoms with Gasteiger partial charge in [-0.3, -0.25) is 9.59 Å². The quantitative estimate of drug-likeness (QED) is 0.664. The molecular formula is C26H29N3O4. The van der Waals surface area contributed by atoms with Gasteiger partial charge in [-0.15, -0.1) is 0 Å². The molecule has 1 N–H and O–H groups in total. The predicted octanol–water partition coefficient (Wildman–Crippen LogP) is 2.46. The summed E-state index contributed by atoms with van der Waals surface area (Å²) in [5.41, 5.74) is 1.50. The van der Waals surface area contributed by atoms with Gasteiger partial charge in [0.2, 0.25) is 5.91 Å². The van der Waals surface area contributed by atoms with E-state index in [1.165, 1.54) is 4.68 Å². The first-order valence-corrected chi connectivity index (χ1v) is 11.5. The molecule has 0 unspecified atom stereocenters. The second-order valence-electron chi connectivity index (χ2n) is 9.38. The molecule has 1 aliphatic heterocycles. The Balaban J connectivity index is 1.29. The molecule has 0 radical (unpaired) electrons. The number of carbonyl (C=O) groups is 1. The number of fused-ring (bicyclic) bond motifs is 2. The Morgan fingerprint density at radius 3 is 2.48 bits per heavy atom. The van der Waals surface area contributed by atoms with E-state index in [4.69, 9.17) is 4.74 Å². The normalized spacial score (nSPS) is 24.6. The first kappa shape index (κ1) is 21.6. The summed E-state index contributed by atoms with van der Waals surface area (Å²) in [5, 5.41) is 16.4. The number of likely N-dealkylation sites (tertiary alicyclic amines) is 1. The van der Waals surface area contributed by atoms with Crippen LogP contribution in [-0.2, 0) is 18.3 Å². The van der Waals surface area contributed by atoms with Gasteiger partial charge in [0, 0.05) is 25.5 Å². The van der Waals surface area contributed by atoms with E-state index in [0.29, 0.717) is 36.5 Å². The second kappa shape index (κ2) is 8.63. The lowest BCUT2D eigenvalue weighted by Crippen LogP contribution is -2.42. The van der Waals surface area contributed by atoms with Crippen LogP contribution in [-0.4, -0.2) is 51.0 Å². The number of benzene rings is 2. The van der Waals surface area contributed by atoms with Crippen molar-refractivity contribution in [3.05, 3.63) is 70.1 Å². The molecule has 1 saturated heterocycles. The van der Waals surface area contributed by atoms with Crippen molar-refractivity contribution in [3.63, 3.8) is 0 Å². The maximum absolute atomic E-state index is 13.2. The van der Waals surface area contributed by atoms with Gasteiger partial charge in [0.1, 0.15) is 11.9 Å². The molecule has 1 amide bonds. The minimum absolute atomic E-state index is 0.00608. The second-order valence-corrected chi connectivity index (χ2v) is 9.38. The fourth-order valence-corrected chi connectivity index (χ4v) is 5.33. The van der Waals surface area contributed by atoms with Crippen molar-refractivity contribution in [1.82, 2.24) is 14.7 Å². The molecule has 2 heterocycles. The number of aliphatic hydroxyl groups excluding tert-OH is 1. The number of amides is 1. The predicted molar refractivity (Wildman–Crippen MR) is 125 cm³/mol. The van der Waals surface area contributed by atoms with Gasteiger partial charge in [-0.2, -0.15) is 5.10 Å². The van der Waals surface area contributed by atoms with Crippen molar-refractivity contribution in [2.75, 3.05) is 13.1 Å². The number of rotatable bonds is 4. The Hall–Kier alpha value is -3.19. The summed E-state index contributed by atoms with van der Waals surface area (Å²) in [6.45, 7) is 3.30. The number of para-hydroxylation sites is 1. The van der Waals surface area contributed by atoms with E-state index in [9.17, 15) is 14.7 Å². The van der Waals surface area contributed by atoms with Gasteiger partial charge < -0.3 is 14.7 Å². The summed E-state index contributed by atoms with van der Waals surface area (Å²) in [5.74, 6) is 1.38. The number of ether oxygens (including phenoxy) is 1. The van der Waals surface area contributed by atoms with Crippen LogP contribution >= 0.6 is 0 Å². The van der Waals surface area contributed by atoms with Gasteiger partial charge in [0.15, 0.2) is 0 Å². The standard InChI is InChI=1S/C26H29N3O4/c1-16-7-3-6-10-23(16)33-24-12-18-15-29(14-17(18)11-22(24)30)25(31)13-21-19-8-4-5-9-20(19)26(32)28(2)27-21/h3-10,17-18,22,24,30H,11-15H2,1-2H3/t17-,18+,22+,24+/m0/s1. The molecule has 1 saturated carbocycles. The maximum Gasteiger partial charge on any atom is 0.274 e. The number of carbonyl (C=O) groups excluding carboxylic acids is 1. The van der Waals surface area contributed by atoms with Crippen LogP contribution in [0, 0.1) is 18.8 Å². The van der Waals surface area contributed by atoms with Crippen LogP contribution in [0.3, 0.4) is 0 Å². The van der Waals surface area contributed by atoms with Crippen molar-refractivity contribution in [2.24, 2.45) is 18.9 Å². The number of hydrogen-bond acceptors (Lipinski definition) is 5. The van der Waals surface area contributed by atoms with Crippen molar-refractivity contribution in [1.29, 1.82) is 0 Å². The molecule has 2 aromatic carbocycles. The third-order valence-electron chi connectivity index (χ3n) is 7.16. The molecule has 1 aliphatic carbocycles. The molecule has 1 aromatic heterocycles. The van der Waals surface area contributed by atoms with Gasteiger partial charge in [-0.1, -0.05) is 36.4 Å². The third kappa shape index (κ3) is 4.13. The average Bonchev–Trinajstić information content (AvgIpc) is 3.22. The number of aromatic nitrogens is 2. The number of aryl methyl sites for hydroxylation is 2. The number of hydrogen-bond donors (Lipinski definition) is 1. The SMILES string of the molecule is Cc1ccccc1O[C@@H]1C[C@@H]2CN(C(=O)Cc3nn(C)c(=O)c4ccccc34)C[C@@H]2C[C@H]1O. The first-order chi connectivity index (χ1) is 15.9. The molecule has 33 heavy (non-hydrogen) atoms. The van der Waals surface area contributed by atoms with Gasteiger partial charge in [-0.25, -0.2) is 4.68 Å². The molecule has 0 spiro atoms. The summed E-state index contributed by atoms with van der Waals surface area (Å²) >= 11 is 0. The number of aliphatic hydroxyl groups is 1.